The highest BCUT2D eigenvalue weighted by molar-refractivity contribution is 5.73. The van der Waals surface area contributed by atoms with E-state index >= 15 is 0 Å². The lowest BCUT2D eigenvalue weighted by molar-refractivity contribution is -0.171. The van der Waals surface area contributed by atoms with E-state index in [9.17, 15) is 14.4 Å². The number of carbonyl (C=O) groups excluding carboxylic acids is 3. The largest absolute Gasteiger partial charge is 0.461 e. The molecule has 6 nitrogen and oxygen atoms in total. The monoisotopic (exact) mass is 849 g/mol. The summed E-state index contributed by atoms with van der Waals surface area (Å²) in [7, 11) is 0. The zero-order valence-electron chi connectivity index (χ0n) is 41.3. The number of carbonyl (C=O) groups is 3. The van der Waals surface area contributed by atoms with E-state index in [1.807, 2.05) is 20.8 Å². The van der Waals surface area contributed by atoms with Gasteiger partial charge in [-0.15, -0.1) is 0 Å². The zero-order chi connectivity index (χ0) is 44.2. The fourth-order valence-corrected chi connectivity index (χ4v) is 8.26. The van der Waals surface area contributed by atoms with Crippen LogP contribution in [0.5, 0.6) is 0 Å². The first-order valence-corrected chi connectivity index (χ1v) is 26.8. The van der Waals surface area contributed by atoms with Crippen molar-refractivity contribution in [3.8, 4) is 0 Å². The van der Waals surface area contributed by atoms with E-state index in [0.29, 0.717) is 0 Å². The van der Waals surface area contributed by atoms with Crippen molar-refractivity contribution >= 4 is 17.9 Å². The average molecular weight is 849 g/mol. The van der Waals surface area contributed by atoms with Crippen LogP contribution in [-0.2, 0) is 28.6 Å². The molecule has 0 N–H and O–H groups in total. The summed E-state index contributed by atoms with van der Waals surface area (Å²) in [6.45, 7) is 12.4. The molecular formula is C54H104O6. The van der Waals surface area contributed by atoms with Gasteiger partial charge in [0.25, 0.3) is 0 Å². The molecule has 6 heteroatoms. The second kappa shape index (κ2) is 45.4. The molecule has 0 fully saturated rings. The second-order valence-electron chi connectivity index (χ2n) is 19.1. The van der Waals surface area contributed by atoms with Gasteiger partial charge in [0.15, 0.2) is 6.10 Å². The Hall–Kier alpha value is -1.59. The minimum Gasteiger partial charge on any atom is -0.461 e. The smallest absolute Gasteiger partial charge is 0.309 e. The van der Waals surface area contributed by atoms with Gasteiger partial charge in [-0.1, -0.05) is 273 Å². The lowest BCUT2D eigenvalue weighted by Gasteiger charge is -2.22. The van der Waals surface area contributed by atoms with Crippen LogP contribution < -0.4 is 0 Å². The van der Waals surface area contributed by atoms with Gasteiger partial charge in [0.05, 0.1) is 17.8 Å². The molecule has 0 rings (SSSR count). The molecule has 60 heavy (non-hydrogen) atoms. The highest BCUT2D eigenvalue weighted by Gasteiger charge is 2.25. The number of ether oxygens (including phenoxy) is 3. The standard InChI is InChI=1S/C54H104O6/c1-7-10-13-16-19-22-25-28-31-34-37-40-43-48(4)52(55)58-46-51(60-54(57)50(6)45-42-39-36-33-30-27-24-21-18-15-12-9-3)47-59-53(56)49(5)44-41-38-35-32-29-26-23-20-17-14-11-8-2/h48-51H,7-47H2,1-6H3. The highest BCUT2D eigenvalue weighted by Crippen LogP contribution is 2.20. The van der Waals surface area contributed by atoms with E-state index in [-0.39, 0.29) is 48.9 Å². The Kier molecular flexibility index (Phi) is 44.2. The van der Waals surface area contributed by atoms with Gasteiger partial charge >= 0.3 is 17.9 Å². The molecule has 3 unspecified atom stereocenters. The van der Waals surface area contributed by atoms with Gasteiger partial charge in [-0.05, 0) is 19.3 Å². The van der Waals surface area contributed by atoms with Crippen LogP contribution in [0.25, 0.3) is 0 Å². The molecule has 0 saturated heterocycles. The fraction of sp³-hybridized carbons (Fsp3) is 0.944. The van der Waals surface area contributed by atoms with Crippen molar-refractivity contribution in [1.82, 2.24) is 0 Å². The van der Waals surface area contributed by atoms with Gasteiger partial charge in [0.1, 0.15) is 13.2 Å². The number of esters is 3. The molecule has 0 spiro atoms. The van der Waals surface area contributed by atoms with Crippen molar-refractivity contribution in [1.29, 1.82) is 0 Å². The van der Waals surface area contributed by atoms with Crippen molar-refractivity contribution in [3.63, 3.8) is 0 Å². The lowest BCUT2D eigenvalue weighted by Crippen LogP contribution is -2.34. The van der Waals surface area contributed by atoms with Crippen LogP contribution in [0.4, 0.5) is 0 Å². The predicted octanol–water partition coefficient (Wildman–Crippen LogP) is 17.2. The summed E-state index contributed by atoms with van der Waals surface area (Å²) in [6, 6.07) is 0. The van der Waals surface area contributed by atoms with Gasteiger partial charge in [0.2, 0.25) is 0 Å². The van der Waals surface area contributed by atoms with Gasteiger partial charge in [0, 0.05) is 0 Å². The molecule has 0 aliphatic rings. The van der Waals surface area contributed by atoms with Crippen LogP contribution >= 0.6 is 0 Å². The summed E-state index contributed by atoms with van der Waals surface area (Å²) in [6.07, 6.45) is 47.9. The molecule has 0 heterocycles. The predicted molar refractivity (Wildman–Crippen MR) is 256 cm³/mol. The van der Waals surface area contributed by atoms with Crippen molar-refractivity contribution in [2.75, 3.05) is 13.2 Å². The summed E-state index contributed by atoms with van der Waals surface area (Å²) in [5, 5.41) is 0. The summed E-state index contributed by atoms with van der Waals surface area (Å²) in [5.41, 5.74) is 0. The Morgan fingerprint density at radius 3 is 0.733 bits per heavy atom. The molecule has 0 amide bonds. The molecule has 0 aliphatic heterocycles. The van der Waals surface area contributed by atoms with Gasteiger partial charge < -0.3 is 14.2 Å². The molecule has 0 saturated carbocycles. The molecule has 0 aromatic carbocycles. The summed E-state index contributed by atoms with van der Waals surface area (Å²) in [5.74, 6) is -1.52. The molecular weight excluding hydrogens is 745 g/mol. The van der Waals surface area contributed by atoms with E-state index in [2.05, 4.69) is 20.8 Å². The van der Waals surface area contributed by atoms with E-state index < -0.39 is 6.10 Å². The first-order valence-electron chi connectivity index (χ1n) is 26.8. The third-order valence-corrected chi connectivity index (χ3v) is 12.8. The number of rotatable bonds is 47. The SMILES string of the molecule is CCCCCCCCCCCCCCC(C)C(=O)OCC(COC(=O)C(C)CCCCCCCCCCCCCC)OC(=O)C(C)CCCCCCCCCCCCCC. The van der Waals surface area contributed by atoms with Crippen LogP contribution in [0.2, 0.25) is 0 Å². The van der Waals surface area contributed by atoms with Crippen molar-refractivity contribution in [3.05, 3.63) is 0 Å². The van der Waals surface area contributed by atoms with E-state index in [4.69, 9.17) is 14.2 Å². The first kappa shape index (κ1) is 58.4. The molecule has 0 aromatic heterocycles. The van der Waals surface area contributed by atoms with Crippen molar-refractivity contribution in [2.45, 2.75) is 298 Å². The summed E-state index contributed by atoms with van der Waals surface area (Å²) >= 11 is 0. The first-order chi connectivity index (χ1) is 29.3. The quantitative estimate of drug-likeness (QED) is 0.0345. The Morgan fingerprint density at radius 2 is 0.500 bits per heavy atom. The van der Waals surface area contributed by atoms with Gasteiger partial charge in [-0.3, -0.25) is 14.4 Å². The third-order valence-electron chi connectivity index (χ3n) is 12.8. The molecule has 356 valence electrons. The molecule has 0 bridgehead atoms. The van der Waals surface area contributed by atoms with E-state index in [1.165, 1.54) is 193 Å². The second-order valence-corrected chi connectivity index (χ2v) is 19.1. The van der Waals surface area contributed by atoms with Crippen LogP contribution in [0.15, 0.2) is 0 Å². The summed E-state index contributed by atoms with van der Waals surface area (Å²) < 4.78 is 17.3. The average Bonchev–Trinajstić information content (AvgIpc) is 3.25. The van der Waals surface area contributed by atoms with Gasteiger partial charge in [-0.25, -0.2) is 0 Å². The number of unbranched alkanes of at least 4 members (excludes halogenated alkanes) is 33. The fourth-order valence-electron chi connectivity index (χ4n) is 8.26. The van der Waals surface area contributed by atoms with Crippen LogP contribution in [0.3, 0.4) is 0 Å². The normalized spacial score (nSPS) is 13.5. The molecule has 0 radical (unpaired) electrons. The Bertz CT molecular complexity index is 885. The van der Waals surface area contributed by atoms with Gasteiger partial charge in [-0.2, -0.15) is 0 Å². The lowest BCUT2D eigenvalue weighted by atomic mass is 10.0. The van der Waals surface area contributed by atoms with Crippen LogP contribution in [0, 0.1) is 17.8 Å². The Balaban J connectivity index is 4.65. The van der Waals surface area contributed by atoms with Crippen LogP contribution in [0.1, 0.15) is 292 Å². The van der Waals surface area contributed by atoms with E-state index in [0.717, 1.165) is 57.8 Å². The summed E-state index contributed by atoms with van der Waals surface area (Å²) in [4.78, 5) is 39.2. The minimum atomic E-state index is -0.799. The minimum absolute atomic E-state index is 0.0842. The van der Waals surface area contributed by atoms with E-state index in [1.54, 1.807) is 0 Å². The van der Waals surface area contributed by atoms with Crippen molar-refractivity contribution < 1.29 is 28.6 Å². The topological polar surface area (TPSA) is 78.9 Å². The Morgan fingerprint density at radius 1 is 0.300 bits per heavy atom. The molecule has 3 atom stereocenters. The Labute approximate surface area is 374 Å². The number of hydrogen-bond acceptors (Lipinski definition) is 6. The third kappa shape index (κ3) is 39.3. The molecule has 0 aliphatic carbocycles. The maximum atomic E-state index is 13.2. The highest BCUT2D eigenvalue weighted by atomic mass is 16.6. The maximum absolute atomic E-state index is 13.2. The maximum Gasteiger partial charge on any atom is 0.309 e. The van der Waals surface area contributed by atoms with Crippen LogP contribution in [-0.4, -0.2) is 37.2 Å². The number of hydrogen-bond donors (Lipinski definition) is 0. The van der Waals surface area contributed by atoms with Crippen molar-refractivity contribution in [2.24, 2.45) is 17.8 Å². The molecule has 0 aromatic rings. The zero-order valence-corrected chi connectivity index (χ0v) is 41.3.